The van der Waals surface area contributed by atoms with Crippen LogP contribution in [0.3, 0.4) is 0 Å². The summed E-state index contributed by atoms with van der Waals surface area (Å²) in [6.07, 6.45) is 0. The van der Waals surface area contributed by atoms with Gasteiger partial charge in [0.2, 0.25) is 0 Å². The Morgan fingerprint density at radius 2 is 1.50 bits per heavy atom. The maximum absolute atomic E-state index is 13.6. The van der Waals surface area contributed by atoms with E-state index in [0.717, 1.165) is 0 Å². The Labute approximate surface area is 217 Å². The molecule has 0 radical (unpaired) electrons. The second-order valence-corrected chi connectivity index (χ2v) is 8.68. The van der Waals surface area contributed by atoms with Crippen molar-refractivity contribution in [3.63, 3.8) is 0 Å². The van der Waals surface area contributed by atoms with Crippen molar-refractivity contribution in [2.75, 3.05) is 19.5 Å². The number of anilines is 1. The van der Waals surface area contributed by atoms with Crippen molar-refractivity contribution in [1.29, 1.82) is 0 Å². The molecule has 0 aliphatic carbocycles. The van der Waals surface area contributed by atoms with Crippen molar-refractivity contribution in [2.45, 2.75) is 6.92 Å². The Morgan fingerprint density at radius 3 is 2.11 bits per heavy atom. The first-order valence-corrected chi connectivity index (χ1v) is 11.5. The highest BCUT2D eigenvalue weighted by molar-refractivity contribution is 6.36. The molecule has 1 amide bonds. The van der Waals surface area contributed by atoms with E-state index < -0.39 is 17.8 Å². The molecule has 1 aromatic heterocycles. The van der Waals surface area contributed by atoms with Crippen molar-refractivity contribution in [2.24, 2.45) is 0 Å². The number of amides is 1. The highest BCUT2D eigenvalue weighted by Gasteiger charge is 2.22. The van der Waals surface area contributed by atoms with E-state index in [0.29, 0.717) is 43.3 Å². The van der Waals surface area contributed by atoms with E-state index in [1.807, 2.05) is 12.1 Å². The Hall–Kier alpha value is -3.94. The van der Waals surface area contributed by atoms with Crippen LogP contribution >= 0.6 is 23.2 Å². The van der Waals surface area contributed by atoms with Crippen LogP contribution in [0.1, 0.15) is 36.6 Å². The fraction of sp³-hybridized carbons (Fsp3) is 0.111. The number of fused-ring (bicyclic) bond motifs is 1. The van der Waals surface area contributed by atoms with Gasteiger partial charge >= 0.3 is 11.9 Å². The van der Waals surface area contributed by atoms with Crippen LogP contribution in [-0.4, -0.2) is 37.0 Å². The summed E-state index contributed by atoms with van der Waals surface area (Å²) in [5.74, 6) is -1.79. The number of esters is 2. The van der Waals surface area contributed by atoms with Gasteiger partial charge in [0.05, 0.1) is 47.1 Å². The molecule has 3 aromatic carbocycles. The number of carbonyl (C=O) groups is 3. The fourth-order valence-corrected chi connectivity index (χ4v) is 4.41. The minimum atomic E-state index is -0.665. The highest BCUT2D eigenvalue weighted by atomic mass is 35.5. The summed E-state index contributed by atoms with van der Waals surface area (Å²) < 4.78 is 9.55. The van der Waals surface area contributed by atoms with Crippen LogP contribution in [0.15, 0.2) is 60.7 Å². The first-order chi connectivity index (χ1) is 17.2. The molecule has 0 unspecified atom stereocenters. The summed E-state index contributed by atoms with van der Waals surface area (Å²) in [5, 5.41) is 4.29. The van der Waals surface area contributed by atoms with E-state index in [1.165, 1.54) is 32.4 Å². The van der Waals surface area contributed by atoms with Crippen LogP contribution < -0.4 is 5.32 Å². The molecular formula is C27H20Cl2N2O5. The van der Waals surface area contributed by atoms with Gasteiger partial charge < -0.3 is 14.8 Å². The quantitative estimate of drug-likeness (QED) is 0.307. The van der Waals surface area contributed by atoms with Gasteiger partial charge in [-0.2, -0.15) is 0 Å². The van der Waals surface area contributed by atoms with Crippen molar-refractivity contribution in [3.05, 3.63) is 93.0 Å². The second-order valence-electron chi connectivity index (χ2n) is 7.84. The topological polar surface area (TPSA) is 94.6 Å². The highest BCUT2D eigenvalue weighted by Crippen LogP contribution is 2.35. The number of rotatable bonds is 5. The average Bonchev–Trinajstić information content (AvgIpc) is 2.87. The summed E-state index contributed by atoms with van der Waals surface area (Å²) in [5.41, 5.74) is 3.08. The molecule has 7 nitrogen and oxygen atoms in total. The molecule has 0 aliphatic rings. The van der Waals surface area contributed by atoms with E-state index in [4.69, 9.17) is 37.7 Å². The minimum Gasteiger partial charge on any atom is -0.465 e. The number of methoxy groups -OCH3 is 2. The Kier molecular flexibility index (Phi) is 7.24. The lowest BCUT2D eigenvalue weighted by Gasteiger charge is -2.16. The van der Waals surface area contributed by atoms with E-state index in [9.17, 15) is 14.4 Å². The van der Waals surface area contributed by atoms with Crippen molar-refractivity contribution < 1.29 is 23.9 Å². The smallest absolute Gasteiger partial charge is 0.337 e. The molecule has 0 atom stereocenters. The molecule has 36 heavy (non-hydrogen) atoms. The van der Waals surface area contributed by atoms with E-state index >= 15 is 0 Å². The van der Waals surface area contributed by atoms with Gasteiger partial charge in [-0.15, -0.1) is 0 Å². The third-order valence-electron chi connectivity index (χ3n) is 5.58. The Bertz CT molecular complexity index is 1500. The third kappa shape index (κ3) is 4.89. The number of ether oxygens (including phenoxy) is 2. The van der Waals surface area contributed by atoms with E-state index in [-0.39, 0.29) is 16.8 Å². The predicted octanol–water partition coefficient (Wildman–Crippen LogP) is 6.34. The largest absolute Gasteiger partial charge is 0.465 e. The molecule has 0 spiro atoms. The van der Waals surface area contributed by atoms with Crippen LogP contribution in [-0.2, 0) is 9.47 Å². The summed E-state index contributed by atoms with van der Waals surface area (Å²) >= 11 is 12.5. The number of hydrogen-bond acceptors (Lipinski definition) is 6. The molecule has 4 aromatic rings. The lowest BCUT2D eigenvalue weighted by atomic mass is 9.97. The standard InChI is InChI=1S/C27H20Cl2N2O5/c1-14-23(25(32)30-18-11-15(26(33)35-2)10-16(12-18)27(34)36-3)20-6-4-5-7-22(20)31-24(14)19-9-8-17(28)13-21(19)29/h4-13H,1-3H3,(H,30,32). The number of carbonyl (C=O) groups excluding carboxylic acids is 3. The van der Waals surface area contributed by atoms with Gasteiger partial charge in [-0.05, 0) is 55.0 Å². The number of aromatic nitrogens is 1. The molecular weight excluding hydrogens is 503 g/mol. The van der Waals surface area contributed by atoms with Crippen molar-refractivity contribution >= 4 is 57.6 Å². The number of para-hydroxylation sites is 1. The summed E-state index contributed by atoms with van der Waals surface area (Å²) in [7, 11) is 2.45. The number of nitrogens with one attached hydrogen (secondary N) is 1. The molecule has 0 saturated carbocycles. The number of pyridine rings is 1. The summed E-state index contributed by atoms with van der Waals surface area (Å²) in [6.45, 7) is 1.78. The lowest BCUT2D eigenvalue weighted by Crippen LogP contribution is -2.17. The van der Waals surface area contributed by atoms with Crippen LogP contribution in [0, 0.1) is 6.92 Å². The van der Waals surface area contributed by atoms with Gasteiger partial charge in [0, 0.05) is 21.7 Å². The second kappa shape index (κ2) is 10.4. The maximum atomic E-state index is 13.6. The van der Waals surface area contributed by atoms with E-state index in [2.05, 4.69) is 5.32 Å². The number of halogens is 2. The molecule has 0 saturated heterocycles. The predicted molar refractivity (Wildman–Crippen MR) is 139 cm³/mol. The number of benzene rings is 3. The molecule has 0 aliphatic heterocycles. The average molecular weight is 523 g/mol. The molecule has 4 rings (SSSR count). The van der Waals surface area contributed by atoms with Gasteiger partial charge in [-0.1, -0.05) is 41.4 Å². The van der Waals surface area contributed by atoms with Gasteiger partial charge in [-0.3, -0.25) is 4.79 Å². The van der Waals surface area contributed by atoms with Crippen LogP contribution in [0.25, 0.3) is 22.2 Å². The van der Waals surface area contributed by atoms with Crippen LogP contribution in [0.2, 0.25) is 10.0 Å². The maximum Gasteiger partial charge on any atom is 0.337 e. The van der Waals surface area contributed by atoms with Gasteiger partial charge in [0.15, 0.2) is 0 Å². The first kappa shape index (κ1) is 25.2. The van der Waals surface area contributed by atoms with Crippen molar-refractivity contribution in [3.8, 4) is 11.3 Å². The number of nitrogens with zero attached hydrogens (tertiary/aromatic N) is 1. The summed E-state index contributed by atoms with van der Waals surface area (Å²) in [6, 6.07) is 16.5. The van der Waals surface area contributed by atoms with Gasteiger partial charge in [0.25, 0.3) is 5.91 Å². The monoisotopic (exact) mass is 522 g/mol. The Balaban J connectivity index is 1.86. The zero-order valence-electron chi connectivity index (χ0n) is 19.5. The lowest BCUT2D eigenvalue weighted by molar-refractivity contribution is 0.0599. The van der Waals surface area contributed by atoms with Crippen LogP contribution in [0.4, 0.5) is 5.69 Å². The minimum absolute atomic E-state index is 0.0839. The number of hydrogen-bond donors (Lipinski definition) is 1. The molecule has 9 heteroatoms. The first-order valence-electron chi connectivity index (χ1n) is 10.7. The molecule has 0 bridgehead atoms. The fourth-order valence-electron chi connectivity index (χ4n) is 3.91. The SMILES string of the molecule is COC(=O)c1cc(NC(=O)c2c(C)c(-c3ccc(Cl)cc3Cl)nc3ccccc23)cc(C(=O)OC)c1. The zero-order chi connectivity index (χ0) is 26.0. The van der Waals surface area contributed by atoms with Crippen molar-refractivity contribution in [1.82, 2.24) is 4.98 Å². The zero-order valence-corrected chi connectivity index (χ0v) is 21.0. The van der Waals surface area contributed by atoms with Gasteiger partial charge in [-0.25, -0.2) is 14.6 Å². The normalized spacial score (nSPS) is 10.7. The van der Waals surface area contributed by atoms with Crippen LogP contribution in [0.5, 0.6) is 0 Å². The molecule has 0 fully saturated rings. The summed E-state index contributed by atoms with van der Waals surface area (Å²) in [4.78, 5) is 42.7. The van der Waals surface area contributed by atoms with E-state index in [1.54, 1.807) is 37.3 Å². The molecule has 182 valence electrons. The molecule has 1 heterocycles. The van der Waals surface area contributed by atoms with Gasteiger partial charge in [0.1, 0.15) is 0 Å². The Morgan fingerprint density at radius 1 is 0.861 bits per heavy atom. The molecule has 1 N–H and O–H groups in total. The third-order valence-corrected chi connectivity index (χ3v) is 6.13.